The van der Waals surface area contributed by atoms with E-state index in [0.717, 1.165) is 11.5 Å². The van der Waals surface area contributed by atoms with Crippen molar-refractivity contribution in [3.8, 4) is 5.75 Å². The van der Waals surface area contributed by atoms with Crippen LogP contribution in [-0.4, -0.2) is 0 Å². The van der Waals surface area contributed by atoms with Gasteiger partial charge in [0, 0.05) is 6.07 Å². The third kappa shape index (κ3) is 2.64. The summed E-state index contributed by atoms with van der Waals surface area (Å²) in [6, 6.07) is 8.34. The molecule has 0 spiro atoms. The Hall–Kier alpha value is -1.29. The lowest BCUT2D eigenvalue weighted by molar-refractivity contribution is 0.266. The monoisotopic (exact) mass is 284 g/mol. The van der Waals surface area contributed by atoms with Crippen LogP contribution in [0.15, 0.2) is 39.2 Å². The van der Waals surface area contributed by atoms with Gasteiger partial charge in [0.1, 0.15) is 29.7 Å². The van der Waals surface area contributed by atoms with Crippen LogP contribution in [-0.2, 0) is 6.61 Å². The maximum atomic E-state index is 13.2. The second-order valence-electron chi connectivity index (χ2n) is 3.38. The van der Waals surface area contributed by atoms with Gasteiger partial charge in [0.15, 0.2) is 0 Å². The van der Waals surface area contributed by atoms with Crippen LogP contribution in [0.2, 0.25) is 0 Å². The summed E-state index contributed by atoms with van der Waals surface area (Å²) in [4.78, 5) is 0. The van der Waals surface area contributed by atoms with Crippen LogP contribution >= 0.6 is 15.9 Å². The first kappa shape index (κ1) is 11.2. The van der Waals surface area contributed by atoms with Crippen molar-refractivity contribution >= 4 is 15.9 Å². The molecule has 0 aliphatic heterocycles. The maximum absolute atomic E-state index is 13.2. The molecule has 2 nitrogen and oxygen atoms in total. The van der Waals surface area contributed by atoms with Gasteiger partial charge in [0.2, 0.25) is 0 Å². The summed E-state index contributed by atoms with van der Waals surface area (Å²) in [5, 5.41) is 0. The fourth-order valence-corrected chi connectivity index (χ4v) is 1.53. The minimum atomic E-state index is -0.340. The minimum Gasteiger partial charge on any atom is -0.486 e. The average Bonchev–Trinajstić information content (AvgIpc) is 2.66. The van der Waals surface area contributed by atoms with Crippen molar-refractivity contribution in [2.45, 2.75) is 13.5 Å². The molecule has 0 fully saturated rings. The summed E-state index contributed by atoms with van der Waals surface area (Å²) in [6.45, 7) is 2.16. The summed E-state index contributed by atoms with van der Waals surface area (Å²) < 4.78 is 24.3. The van der Waals surface area contributed by atoms with Gasteiger partial charge in [0.05, 0.1) is 4.47 Å². The van der Waals surface area contributed by atoms with Crippen LogP contribution in [0.1, 0.15) is 11.5 Å². The molecule has 2 aromatic rings. The summed E-state index contributed by atoms with van der Waals surface area (Å²) >= 11 is 3.08. The first-order valence-electron chi connectivity index (χ1n) is 4.78. The van der Waals surface area contributed by atoms with Gasteiger partial charge in [-0.05, 0) is 47.1 Å². The first-order valence-corrected chi connectivity index (χ1v) is 5.57. The number of aryl methyl sites for hydroxylation is 1. The van der Waals surface area contributed by atoms with E-state index >= 15 is 0 Å². The largest absolute Gasteiger partial charge is 0.486 e. The quantitative estimate of drug-likeness (QED) is 0.848. The third-order valence-corrected chi connectivity index (χ3v) is 2.71. The van der Waals surface area contributed by atoms with Crippen LogP contribution in [0.4, 0.5) is 4.39 Å². The Labute approximate surface area is 101 Å². The Morgan fingerprint density at radius 1 is 1.31 bits per heavy atom. The van der Waals surface area contributed by atoms with Crippen molar-refractivity contribution in [3.05, 3.63) is 52.1 Å². The summed E-state index contributed by atoms with van der Waals surface area (Å²) in [6.07, 6.45) is 0. The standard InChI is InChI=1S/C12H10BrFO2/c1-8-2-3-10(16-8)7-15-9-4-5-11(13)12(14)6-9/h2-6H,7H2,1H3. The highest BCUT2D eigenvalue weighted by Gasteiger charge is 2.03. The van der Waals surface area contributed by atoms with E-state index in [9.17, 15) is 4.39 Å². The number of benzene rings is 1. The molecule has 1 aromatic carbocycles. The Kier molecular flexibility index (Phi) is 3.29. The predicted octanol–water partition coefficient (Wildman–Crippen LogP) is 4.07. The number of ether oxygens (including phenoxy) is 1. The fraction of sp³-hybridized carbons (Fsp3) is 0.167. The van der Waals surface area contributed by atoms with Crippen LogP contribution in [0.5, 0.6) is 5.75 Å². The van der Waals surface area contributed by atoms with Gasteiger partial charge in [-0.25, -0.2) is 4.39 Å². The van der Waals surface area contributed by atoms with Crippen molar-refractivity contribution < 1.29 is 13.5 Å². The van der Waals surface area contributed by atoms with Gasteiger partial charge in [-0.3, -0.25) is 0 Å². The van der Waals surface area contributed by atoms with Crippen LogP contribution in [0.25, 0.3) is 0 Å². The van der Waals surface area contributed by atoms with Crippen molar-refractivity contribution in [1.29, 1.82) is 0 Å². The van der Waals surface area contributed by atoms with Gasteiger partial charge in [0.25, 0.3) is 0 Å². The molecule has 0 aliphatic rings. The SMILES string of the molecule is Cc1ccc(COc2ccc(Br)c(F)c2)o1. The van der Waals surface area contributed by atoms with E-state index in [2.05, 4.69) is 15.9 Å². The zero-order valence-electron chi connectivity index (χ0n) is 8.67. The van der Waals surface area contributed by atoms with Crippen molar-refractivity contribution in [2.24, 2.45) is 0 Å². The molecule has 0 saturated carbocycles. The lowest BCUT2D eigenvalue weighted by Crippen LogP contribution is -1.94. The maximum Gasteiger partial charge on any atom is 0.146 e. The van der Waals surface area contributed by atoms with E-state index in [1.807, 2.05) is 19.1 Å². The molecule has 84 valence electrons. The van der Waals surface area contributed by atoms with E-state index in [1.54, 1.807) is 12.1 Å². The lowest BCUT2D eigenvalue weighted by atomic mass is 10.3. The third-order valence-electron chi connectivity index (χ3n) is 2.07. The van der Waals surface area contributed by atoms with Crippen molar-refractivity contribution in [3.63, 3.8) is 0 Å². The molecule has 2 rings (SSSR count). The number of halogens is 2. The van der Waals surface area contributed by atoms with Gasteiger partial charge in [-0.15, -0.1) is 0 Å². The highest BCUT2D eigenvalue weighted by Crippen LogP contribution is 2.21. The van der Waals surface area contributed by atoms with Crippen LogP contribution < -0.4 is 4.74 Å². The smallest absolute Gasteiger partial charge is 0.146 e. The summed E-state index contributed by atoms with van der Waals surface area (Å²) in [7, 11) is 0. The Morgan fingerprint density at radius 3 is 2.75 bits per heavy atom. The average molecular weight is 285 g/mol. The Bertz CT molecular complexity index is 494. The van der Waals surface area contributed by atoms with Gasteiger partial charge >= 0.3 is 0 Å². The molecular weight excluding hydrogens is 275 g/mol. The van der Waals surface area contributed by atoms with E-state index in [0.29, 0.717) is 16.8 Å². The molecule has 0 bridgehead atoms. The van der Waals surface area contributed by atoms with Crippen LogP contribution in [0, 0.1) is 12.7 Å². The normalized spacial score (nSPS) is 10.4. The topological polar surface area (TPSA) is 22.4 Å². The van der Waals surface area contributed by atoms with Gasteiger partial charge < -0.3 is 9.15 Å². The van der Waals surface area contributed by atoms with Crippen molar-refractivity contribution in [1.82, 2.24) is 0 Å². The zero-order valence-corrected chi connectivity index (χ0v) is 10.3. The molecular formula is C12H10BrFO2. The Morgan fingerprint density at radius 2 is 2.12 bits per heavy atom. The Balaban J connectivity index is 2.02. The van der Waals surface area contributed by atoms with E-state index in [-0.39, 0.29) is 5.82 Å². The highest BCUT2D eigenvalue weighted by atomic mass is 79.9. The molecule has 0 atom stereocenters. The molecule has 0 N–H and O–H groups in total. The molecule has 16 heavy (non-hydrogen) atoms. The molecule has 1 heterocycles. The predicted molar refractivity (Wildman–Crippen MR) is 61.9 cm³/mol. The second kappa shape index (κ2) is 4.70. The number of hydrogen-bond donors (Lipinski definition) is 0. The zero-order chi connectivity index (χ0) is 11.5. The number of furan rings is 1. The van der Waals surface area contributed by atoms with E-state index in [4.69, 9.17) is 9.15 Å². The van der Waals surface area contributed by atoms with E-state index < -0.39 is 0 Å². The molecule has 1 aromatic heterocycles. The molecule has 0 saturated heterocycles. The lowest BCUT2D eigenvalue weighted by Gasteiger charge is -2.04. The van der Waals surface area contributed by atoms with Crippen molar-refractivity contribution in [2.75, 3.05) is 0 Å². The van der Waals surface area contributed by atoms with E-state index in [1.165, 1.54) is 6.07 Å². The van der Waals surface area contributed by atoms with Gasteiger partial charge in [-0.1, -0.05) is 0 Å². The fourth-order valence-electron chi connectivity index (χ4n) is 1.28. The first-order chi connectivity index (χ1) is 7.65. The second-order valence-corrected chi connectivity index (χ2v) is 4.23. The number of rotatable bonds is 3. The highest BCUT2D eigenvalue weighted by molar-refractivity contribution is 9.10. The summed E-state index contributed by atoms with van der Waals surface area (Å²) in [5.41, 5.74) is 0. The molecule has 0 unspecified atom stereocenters. The van der Waals surface area contributed by atoms with Crippen LogP contribution in [0.3, 0.4) is 0 Å². The minimum absolute atomic E-state index is 0.301. The van der Waals surface area contributed by atoms with Gasteiger partial charge in [-0.2, -0.15) is 0 Å². The molecule has 4 heteroatoms. The molecule has 0 aliphatic carbocycles. The summed E-state index contributed by atoms with van der Waals surface area (Å²) in [5.74, 6) is 1.70. The number of hydrogen-bond acceptors (Lipinski definition) is 2. The molecule has 0 amide bonds. The molecule has 0 radical (unpaired) electrons.